The van der Waals surface area contributed by atoms with Crippen LogP contribution in [0.1, 0.15) is 101 Å². The van der Waals surface area contributed by atoms with E-state index in [0.717, 1.165) is 37.2 Å². The molecule has 2 aliphatic heterocycles. The Balaban J connectivity index is 0.000000280. The second-order valence-corrected chi connectivity index (χ2v) is 10.8. The fraction of sp³-hybridized carbons (Fsp3) is 0.633. The highest BCUT2D eigenvalue weighted by molar-refractivity contribution is 5.92. The van der Waals surface area contributed by atoms with Gasteiger partial charge in [0.25, 0.3) is 5.91 Å². The van der Waals surface area contributed by atoms with Crippen molar-refractivity contribution in [1.29, 1.82) is 5.41 Å². The maximum atomic E-state index is 12.6. The highest BCUT2D eigenvalue weighted by Crippen LogP contribution is 2.40. The molecule has 2 bridgehead atoms. The number of piperidine rings is 2. The van der Waals surface area contributed by atoms with Crippen LogP contribution >= 0.6 is 0 Å². The van der Waals surface area contributed by atoms with Crippen molar-refractivity contribution in [3.63, 3.8) is 0 Å². The lowest BCUT2D eigenvalue weighted by molar-refractivity contribution is -0.135. The molecule has 0 spiro atoms. The minimum absolute atomic E-state index is 0.0265. The number of fused-ring (bicyclic) bond motifs is 2. The number of hydrogen-bond donors (Lipinski definition) is 4. The Labute approximate surface area is 233 Å². The van der Waals surface area contributed by atoms with E-state index in [0.29, 0.717) is 41.6 Å². The van der Waals surface area contributed by atoms with E-state index in [1.165, 1.54) is 12.8 Å². The Morgan fingerprint density at radius 2 is 1.95 bits per heavy atom. The lowest BCUT2D eigenvalue weighted by atomic mass is 9.67. The third kappa shape index (κ3) is 8.54. The molecule has 4 atom stereocenters. The van der Waals surface area contributed by atoms with Gasteiger partial charge in [-0.25, -0.2) is 4.98 Å². The number of H-pyrrole nitrogens is 1. The highest BCUT2D eigenvalue weighted by atomic mass is 16.2. The number of nitrogens with one attached hydrogen (secondary N) is 4. The molecule has 4 fully saturated rings. The van der Waals surface area contributed by atoms with Crippen LogP contribution in [0.15, 0.2) is 18.5 Å². The number of aryl methyl sites for hydroxylation is 2. The minimum Gasteiger partial charge on any atom is -0.353 e. The molecule has 2 saturated heterocycles. The van der Waals surface area contributed by atoms with Gasteiger partial charge in [0.1, 0.15) is 11.5 Å². The fourth-order valence-electron chi connectivity index (χ4n) is 5.86. The summed E-state index contributed by atoms with van der Waals surface area (Å²) in [6.07, 6.45) is 19.2. The second-order valence-electron chi connectivity index (χ2n) is 10.8. The average molecular weight is 538 g/mol. The molecular formula is C30H47N7O2. The molecule has 214 valence electrons. The molecule has 39 heavy (non-hydrogen) atoms. The number of aromatic nitrogens is 4. The topological polar surface area (TPSA) is 129 Å². The number of terminal acetylenes is 1. The van der Waals surface area contributed by atoms with Gasteiger partial charge in [-0.05, 0) is 69.8 Å². The van der Waals surface area contributed by atoms with Gasteiger partial charge in [-0.2, -0.15) is 5.10 Å². The molecule has 0 radical (unpaired) electrons. The largest absolute Gasteiger partial charge is 0.353 e. The van der Waals surface area contributed by atoms with Crippen LogP contribution in [0.25, 0.3) is 0 Å². The average Bonchev–Trinajstić information content (AvgIpc) is 3.53. The third-order valence-electron chi connectivity index (χ3n) is 7.80. The molecule has 4 heterocycles. The molecule has 4 aliphatic rings. The number of imidazole rings is 1. The molecular weight excluding hydrogens is 490 g/mol. The van der Waals surface area contributed by atoms with Gasteiger partial charge in [0.05, 0.1) is 17.9 Å². The van der Waals surface area contributed by atoms with E-state index >= 15 is 0 Å². The van der Waals surface area contributed by atoms with Gasteiger partial charge in [-0.1, -0.05) is 33.6 Å². The zero-order chi connectivity index (χ0) is 29.1. The quantitative estimate of drug-likeness (QED) is 0.306. The minimum atomic E-state index is -0.0829. The standard InChI is InChI=1S/C17H25N5O.C9H14N2O.C2H6.C2H2/c1-11-5-4-6-13(9-11)16(14-10-18-12(2)20-14)21-17(23)15-7-8-19-22(15)3;1-5(10)2-8-6-3-7(4-6)11-9(8)12;2*1-2/h7-8,10-11,13,16H,4-6,9H2,1-3H3,(H,18,20)(H,21,23);6-8,10H,2-4H2,1H3,(H,11,12);1-2H3;1-2H/t11?,13-,16?;;;/m0.../s1. The number of nitrogens with zero attached hydrogens (tertiary/aromatic N) is 3. The number of amides is 2. The highest BCUT2D eigenvalue weighted by Gasteiger charge is 2.44. The van der Waals surface area contributed by atoms with Gasteiger partial charge in [0.15, 0.2) is 0 Å². The van der Waals surface area contributed by atoms with Crippen LogP contribution in [0.3, 0.4) is 0 Å². The first kappa shape index (κ1) is 31.8. The summed E-state index contributed by atoms with van der Waals surface area (Å²) in [7, 11) is 1.78. The summed E-state index contributed by atoms with van der Waals surface area (Å²) in [6, 6.07) is 2.18. The number of carbonyl (C=O) groups is 2. The molecule has 2 aromatic rings. The summed E-state index contributed by atoms with van der Waals surface area (Å²) in [5, 5.41) is 17.6. The Hall–Kier alpha value is -3.41. The van der Waals surface area contributed by atoms with Crippen LogP contribution in [-0.2, 0) is 11.8 Å². The lowest BCUT2D eigenvalue weighted by Crippen LogP contribution is -2.57. The summed E-state index contributed by atoms with van der Waals surface area (Å²) < 4.78 is 1.61. The van der Waals surface area contributed by atoms with E-state index in [2.05, 4.69) is 45.5 Å². The summed E-state index contributed by atoms with van der Waals surface area (Å²) in [6.45, 7) is 10.0. The Morgan fingerprint density at radius 1 is 1.26 bits per heavy atom. The molecule has 4 N–H and O–H groups in total. The fourth-order valence-corrected chi connectivity index (χ4v) is 5.86. The summed E-state index contributed by atoms with van der Waals surface area (Å²) in [5.74, 6) is 2.79. The van der Waals surface area contributed by atoms with Crippen LogP contribution in [0, 0.1) is 48.9 Å². The molecule has 9 heteroatoms. The monoisotopic (exact) mass is 537 g/mol. The van der Waals surface area contributed by atoms with Crippen LogP contribution in [-0.4, -0.2) is 43.3 Å². The van der Waals surface area contributed by atoms with Crippen molar-refractivity contribution in [3.8, 4) is 12.8 Å². The summed E-state index contributed by atoms with van der Waals surface area (Å²) >= 11 is 0. The van der Waals surface area contributed by atoms with Crippen LogP contribution < -0.4 is 10.6 Å². The molecule has 2 amide bonds. The van der Waals surface area contributed by atoms with E-state index in [9.17, 15) is 9.59 Å². The van der Waals surface area contributed by atoms with Crippen molar-refractivity contribution in [2.75, 3.05) is 0 Å². The number of rotatable bonds is 6. The van der Waals surface area contributed by atoms with Crippen LogP contribution in [0.4, 0.5) is 0 Å². The van der Waals surface area contributed by atoms with Gasteiger partial charge < -0.3 is 21.0 Å². The van der Waals surface area contributed by atoms with Gasteiger partial charge in [-0.15, -0.1) is 12.8 Å². The summed E-state index contributed by atoms with van der Waals surface area (Å²) in [4.78, 5) is 31.6. The summed E-state index contributed by atoms with van der Waals surface area (Å²) in [5.41, 5.74) is 2.20. The molecule has 2 aromatic heterocycles. The molecule has 0 aromatic carbocycles. The SMILES string of the molecule is C#C.CC.CC(=N)CC1C(=O)NC2CC1C2.Cc1ncc(C(NC(=O)c2ccnn2C)[C@H]2CCCC(C)C2)[nH]1. The van der Waals surface area contributed by atoms with Gasteiger partial charge in [0.2, 0.25) is 5.91 Å². The van der Waals surface area contributed by atoms with Crippen molar-refractivity contribution < 1.29 is 9.59 Å². The van der Waals surface area contributed by atoms with Crippen molar-refractivity contribution in [2.24, 2.45) is 30.7 Å². The van der Waals surface area contributed by atoms with Gasteiger partial charge in [0, 0.05) is 30.9 Å². The normalized spacial score (nSPS) is 25.4. The van der Waals surface area contributed by atoms with Crippen LogP contribution in [0.5, 0.6) is 0 Å². The van der Waals surface area contributed by atoms with Gasteiger partial charge >= 0.3 is 0 Å². The van der Waals surface area contributed by atoms with Crippen molar-refractivity contribution in [3.05, 3.63) is 35.7 Å². The van der Waals surface area contributed by atoms with Crippen molar-refractivity contribution in [1.82, 2.24) is 30.4 Å². The predicted molar refractivity (Wildman–Crippen MR) is 155 cm³/mol. The van der Waals surface area contributed by atoms with Crippen molar-refractivity contribution in [2.45, 2.75) is 91.6 Å². The maximum absolute atomic E-state index is 12.6. The van der Waals surface area contributed by atoms with E-state index in [-0.39, 0.29) is 23.8 Å². The molecule has 9 nitrogen and oxygen atoms in total. The first-order valence-electron chi connectivity index (χ1n) is 14.2. The Morgan fingerprint density at radius 3 is 2.46 bits per heavy atom. The van der Waals surface area contributed by atoms with E-state index in [4.69, 9.17) is 5.41 Å². The van der Waals surface area contributed by atoms with Crippen LogP contribution in [0.2, 0.25) is 0 Å². The van der Waals surface area contributed by atoms with E-state index in [1.54, 1.807) is 30.9 Å². The smallest absolute Gasteiger partial charge is 0.270 e. The zero-order valence-corrected chi connectivity index (χ0v) is 24.5. The lowest BCUT2D eigenvalue weighted by Gasteiger charge is -2.46. The molecule has 6 rings (SSSR count). The van der Waals surface area contributed by atoms with E-state index < -0.39 is 0 Å². The second kappa shape index (κ2) is 15.2. The first-order chi connectivity index (χ1) is 18.7. The number of aromatic amines is 1. The number of carbonyl (C=O) groups excluding carboxylic acids is 2. The Kier molecular flexibility index (Phi) is 12.4. The maximum Gasteiger partial charge on any atom is 0.270 e. The van der Waals surface area contributed by atoms with E-state index in [1.807, 2.05) is 27.0 Å². The zero-order valence-electron chi connectivity index (χ0n) is 24.5. The first-order valence-corrected chi connectivity index (χ1v) is 14.2. The molecule has 2 aliphatic carbocycles. The Bertz CT molecular complexity index is 1100. The number of hydrogen-bond acceptors (Lipinski definition) is 5. The predicted octanol–water partition coefficient (Wildman–Crippen LogP) is 4.97. The third-order valence-corrected chi connectivity index (χ3v) is 7.80. The van der Waals surface area contributed by atoms with Gasteiger partial charge in [-0.3, -0.25) is 14.3 Å². The molecule has 3 unspecified atom stereocenters. The van der Waals surface area contributed by atoms with Crippen molar-refractivity contribution >= 4 is 17.5 Å². The molecule has 2 saturated carbocycles.